The molecule has 0 radical (unpaired) electrons. The van der Waals surface area contributed by atoms with E-state index < -0.39 is 0 Å². The molecule has 0 spiro atoms. The van der Waals surface area contributed by atoms with Crippen LogP contribution < -0.4 is 9.47 Å². The lowest BCUT2D eigenvalue weighted by molar-refractivity contribution is 0.289. The molecule has 0 aliphatic heterocycles. The second-order valence-electron chi connectivity index (χ2n) is 3.86. The van der Waals surface area contributed by atoms with Crippen LogP contribution in [0.3, 0.4) is 0 Å². The highest BCUT2D eigenvalue weighted by atomic mass is 28.1. The van der Waals surface area contributed by atoms with Crippen molar-refractivity contribution in [1.82, 2.24) is 0 Å². The van der Waals surface area contributed by atoms with Crippen molar-refractivity contribution >= 4 is 11.0 Å². The summed E-state index contributed by atoms with van der Waals surface area (Å²) in [6, 6.07) is 16.2. The van der Waals surface area contributed by atoms with Crippen LogP contribution in [0, 0.1) is 0 Å². The highest BCUT2D eigenvalue weighted by Crippen LogP contribution is 2.38. The zero-order chi connectivity index (χ0) is 12.8. The molecule has 0 aliphatic carbocycles. The second kappa shape index (κ2) is 7.64. The normalized spacial score (nSPS) is 9.58. The van der Waals surface area contributed by atoms with Gasteiger partial charge in [0.15, 0.2) is 11.5 Å². The first-order valence-electron chi connectivity index (χ1n) is 6.30. The van der Waals surface area contributed by atoms with Gasteiger partial charge in [0.2, 0.25) is 0 Å². The molecule has 0 saturated carbocycles. The van der Waals surface area contributed by atoms with Gasteiger partial charge in [0, 0.05) is 5.56 Å². The fourth-order valence-corrected chi connectivity index (χ4v) is 1.92. The minimum Gasteiger partial charge on any atom is -0.490 e. The van der Waals surface area contributed by atoms with Crippen LogP contribution in [0.25, 0.3) is 11.1 Å². The summed E-state index contributed by atoms with van der Waals surface area (Å²) >= 11 is 0. The van der Waals surface area contributed by atoms with E-state index in [2.05, 4.69) is 18.2 Å². The first-order chi connectivity index (χ1) is 8.86. The molecule has 0 unspecified atom stereocenters. The Morgan fingerprint density at radius 2 is 1.47 bits per heavy atom. The fraction of sp³-hybridized carbons (Fsp3) is 0.250. The standard InChI is InChI=1S/C16H18O2.H4Si/c1-3-17-15-12-8-11-14(16(15)18-4-2)13-9-6-5-7-10-13;/h5-12H,3-4H2,1-2H3;1H4. The summed E-state index contributed by atoms with van der Waals surface area (Å²) in [5.74, 6) is 1.63. The molecule has 0 bridgehead atoms. The molecule has 0 amide bonds. The van der Waals surface area contributed by atoms with Crippen molar-refractivity contribution in [3.8, 4) is 22.6 Å². The molecule has 0 aromatic heterocycles. The summed E-state index contributed by atoms with van der Waals surface area (Å²) in [6.45, 7) is 5.23. The number of ether oxygens (including phenoxy) is 2. The topological polar surface area (TPSA) is 18.5 Å². The van der Waals surface area contributed by atoms with Crippen molar-refractivity contribution in [3.05, 3.63) is 48.5 Å². The third-order valence-corrected chi connectivity index (χ3v) is 2.65. The van der Waals surface area contributed by atoms with E-state index in [0.717, 1.165) is 22.6 Å². The summed E-state index contributed by atoms with van der Waals surface area (Å²) < 4.78 is 11.4. The van der Waals surface area contributed by atoms with E-state index in [1.165, 1.54) is 0 Å². The molecule has 19 heavy (non-hydrogen) atoms. The van der Waals surface area contributed by atoms with Crippen LogP contribution in [0.5, 0.6) is 11.5 Å². The number of para-hydroxylation sites is 1. The van der Waals surface area contributed by atoms with Crippen molar-refractivity contribution in [2.24, 2.45) is 0 Å². The van der Waals surface area contributed by atoms with Crippen molar-refractivity contribution < 1.29 is 9.47 Å². The maximum absolute atomic E-state index is 5.75. The monoisotopic (exact) mass is 274 g/mol. The van der Waals surface area contributed by atoms with Gasteiger partial charge >= 0.3 is 0 Å². The third-order valence-electron chi connectivity index (χ3n) is 2.65. The van der Waals surface area contributed by atoms with Crippen LogP contribution in [0.1, 0.15) is 13.8 Å². The predicted octanol–water partition coefficient (Wildman–Crippen LogP) is 2.70. The SMILES string of the molecule is CCOc1cccc(-c2ccccc2)c1OCC.[SiH4]. The van der Waals surface area contributed by atoms with Crippen LogP contribution in [-0.4, -0.2) is 24.2 Å². The molecule has 2 aromatic rings. The highest BCUT2D eigenvalue weighted by Gasteiger charge is 2.11. The van der Waals surface area contributed by atoms with Gasteiger partial charge in [-0.2, -0.15) is 0 Å². The van der Waals surface area contributed by atoms with Crippen molar-refractivity contribution in [2.75, 3.05) is 13.2 Å². The lowest BCUT2D eigenvalue weighted by Gasteiger charge is -2.15. The van der Waals surface area contributed by atoms with E-state index in [9.17, 15) is 0 Å². The molecular formula is C16H22O2Si. The van der Waals surface area contributed by atoms with Gasteiger partial charge in [0.25, 0.3) is 0 Å². The van der Waals surface area contributed by atoms with Crippen LogP contribution in [0.15, 0.2) is 48.5 Å². The number of hydrogen-bond donors (Lipinski definition) is 0. The highest BCUT2D eigenvalue weighted by molar-refractivity contribution is 5.75. The smallest absolute Gasteiger partial charge is 0.168 e. The van der Waals surface area contributed by atoms with Crippen LogP contribution >= 0.6 is 0 Å². The van der Waals surface area contributed by atoms with Crippen LogP contribution in [-0.2, 0) is 0 Å². The van der Waals surface area contributed by atoms with E-state index in [4.69, 9.17) is 9.47 Å². The Morgan fingerprint density at radius 1 is 0.789 bits per heavy atom. The predicted molar refractivity (Wildman–Crippen MR) is 85.6 cm³/mol. The molecule has 2 aromatic carbocycles. The quantitative estimate of drug-likeness (QED) is 0.781. The first-order valence-corrected chi connectivity index (χ1v) is 6.30. The van der Waals surface area contributed by atoms with E-state index >= 15 is 0 Å². The summed E-state index contributed by atoms with van der Waals surface area (Å²) in [5, 5.41) is 0. The fourth-order valence-electron chi connectivity index (χ4n) is 1.92. The average Bonchev–Trinajstić information content (AvgIpc) is 2.42. The molecule has 0 heterocycles. The van der Waals surface area contributed by atoms with Gasteiger partial charge in [-0.05, 0) is 36.4 Å². The minimum atomic E-state index is 0. The lowest BCUT2D eigenvalue weighted by atomic mass is 10.0. The molecular weight excluding hydrogens is 252 g/mol. The number of benzene rings is 2. The summed E-state index contributed by atoms with van der Waals surface area (Å²) in [5.41, 5.74) is 2.21. The average molecular weight is 274 g/mol. The molecule has 2 rings (SSSR count). The van der Waals surface area contributed by atoms with Gasteiger partial charge in [-0.15, -0.1) is 0 Å². The summed E-state index contributed by atoms with van der Waals surface area (Å²) in [7, 11) is 0. The zero-order valence-electron chi connectivity index (χ0n) is 10.8. The van der Waals surface area contributed by atoms with Gasteiger partial charge in [-0.25, -0.2) is 0 Å². The Labute approximate surface area is 119 Å². The van der Waals surface area contributed by atoms with Crippen LogP contribution in [0.2, 0.25) is 0 Å². The van der Waals surface area contributed by atoms with Gasteiger partial charge in [0.05, 0.1) is 13.2 Å². The molecule has 0 saturated heterocycles. The van der Waals surface area contributed by atoms with E-state index in [0.29, 0.717) is 13.2 Å². The molecule has 2 nitrogen and oxygen atoms in total. The molecule has 0 fully saturated rings. The van der Waals surface area contributed by atoms with Crippen LogP contribution in [0.4, 0.5) is 0 Å². The van der Waals surface area contributed by atoms with Crippen molar-refractivity contribution in [2.45, 2.75) is 13.8 Å². The van der Waals surface area contributed by atoms with E-state index in [1.54, 1.807) is 0 Å². The minimum absolute atomic E-state index is 0. The van der Waals surface area contributed by atoms with Gasteiger partial charge < -0.3 is 9.47 Å². The maximum Gasteiger partial charge on any atom is 0.168 e. The third kappa shape index (κ3) is 3.61. The summed E-state index contributed by atoms with van der Waals surface area (Å²) in [4.78, 5) is 0. The second-order valence-corrected chi connectivity index (χ2v) is 3.86. The van der Waals surface area contributed by atoms with E-state index in [1.807, 2.05) is 44.2 Å². The van der Waals surface area contributed by atoms with Crippen molar-refractivity contribution in [3.63, 3.8) is 0 Å². The van der Waals surface area contributed by atoms with Gasteiger partial charge in [0.1, 0.15) is 0 Å². The van der Waals surface area contributed by atoms with E-state index in [-0.39, 0.29) is 11.0 Å². The largest absolute Gasteiger partial charge is 0.490 e. The Hall–Kier alpha value is -1.74. The molecule has 0 atom stereocenters. The maximum atomic E-state index is 5.75. The first kappa shape index (κ1) is 15.3. The number of rotatable bonds is 5. The van der Waals surface area contributed by atoms with Crippen molar-refractivity contribution in [1.29, 1.82) is 0 Å². The Morgan fingerprint density at radius 3 is 2.11 bits per heavy atom. The molecule has 0 N–H and O–H groups in total. The molecule has 0 aliphatic rings. The number of hydrogen-bond acceptors (Lipinski definition) is 2. The Kier molecular flexibility index (Phi) is 6.16. The Bertz CT molecular complexity index is 497. The molecule has 102 valence electrons. The molecule has 3 heteroatoms. The van der Waals surface area contributed by atoms with Gasteiger partial charge in [-0.3, -0.25) is 0 Å². The van der Waals surface area contributed by atoms with Gasteiger partial charge in [-0.1, -0.05) is 42.5 Å². The lowest BCUT2D eigenvalue weighted by Crippen LogP contribution is -1.99. The summed E-state index contributed by atoms with van der Waals surface area (Å²) in [6.07, 6.45) is 0. The Balaban J connectivity index is 0.00000180. The zero-order valence-corrected chi connectivity index (χ0v) is 10.8.